The normalized spacial score (nSPS) is 17.9. The molecular formula is C31H28FNO4. The topological polar surface area (TPSA) is 59.0 Å². The van der Waals surface area contributed by atoms with Crippen molar-refractivity contribution in [2.75, 3.05) is 4.90 Å². The van der Waals surface area contributed by atoms with Gasteiger partial charge in [0.05, 0.1) is 6.10 Å². The summed E-state index contributed by atoms with van der Waals surface area (Å²) in [4.78, 5) is 14.5. The van der Waals surface area contributed by atoms with Gasteiger partial charge in [0.1, 0.15) is 24.2 Å². The first kappa shape index (κ1) is 24.5. The third-order valence-corrected chi connectivity index (χ3v) is 6.55. The number of nitrogens with zero attached hydrogens (tertiary/aromatic N) is 1. The van der Waals surface area contributed by atoms with Crippen LogP contribution in [0.4, 0.5) is 14.9 Å². The first-order valence-electron chi connectivity index (χ1n) is 12.3. The van der Waals surface area contributed by atoms with Crippen molar-refractivity contribution in [1.82, 2.24) is 0 Å². The Morgan fingerprint density at radius 3 is 2.11 bits per heavy atom. The third-order valence-electron chi connectivity index (χ3n) is 6.55. The maximum atomic E-state index is 13.6. The average molecular weight is 498 g/mol. The lowest BCUT2D eigenvalue weighted by Gasteiger charge is -2.27. The molecule has 1 heterocycles. The predicted molar refractivity (Wildman–Crippen MR) is 140 cm³/mol. The highest BCUT2D eigenvalue weighted by molar-refractivity contribution is 5.91. The second-order valence-electron chi connectivity index (χ2n) is 9.07. The van der Waals surface area contributed by atoms with E-state index < -0.39 is 30.2 Å². The molecule has 3 atom stereocenters. The van der Waals surface area contributed by atoms with Crippen LogP contribution in [0.1, 0.15) is 29.2 Å². The second kappa shape index (κ2) is 11.3. The molecule has 5 rings (SSSR count). The van der Waals surface area contributed by atoms with E-state index in [2.05, 4.69) is 0 Å². The number of cyclic esters (lactones) is 1. The molecule has 0 aliphatic carbocycles. The molecule has 1 fully saturated rings. The molecule has 1 aliphatic rings. The molecule has 0 saturated carbocycles. The van der Waals surface area contributed by atoms with E-state index in [9.17, 15) is 14.3 Å². The zero-order valence-electron chi connectivity index (χ0n) is 20.2. The van der Waals surface area contributed by atoms with Crippen molar-refractivity contribution in [3.63, 3.8) is 0 Å². The highest BCUT2D eigenvalue weighted by Gasteiger charge is 2.46. The smallest absolute Gasteiger partial charge is 0.415 e. The molecule has 4 aromatic carbocycles. The third kappa shape index (κ3) is 5.81. The molecule has 0 spiro atoms. The van der Waals surface area contributed by atoms with Gasteiger partial charge in [-0.05, 0) is 65.9 Å². The van der Waals surface area contributed by atoms with Crippen LogP contribution in [0.3, 0.4) is 0 Å². The molecule has 6 heteroatoms. The van der Waals surface area contributed by atoms with Crippen LogP contribution in [0.25, 0.3) is 0 Å². The first-order chi connectivity index (χ1) is 18.1. The summed E-state index contributed by atoms with van der Waals surface area (Å²) < 4.78 is 25.2. The van der Waals surface area contributed by atoms with Crippen LogP contribution in [-0.4, -0.2) is 23.4 Å². The minimum atomic E-state index is -0.895. The molecule has 37 heavy (non-hydrogen) atoms. The first-order valence-corrected chi connectivity index (χ1v) is 12.3. The van der Waals surface area contributed by atoms with Gasteiger partial charge in [-0.25, -0.2) is 9.18 Å². The highest BCUT2D eigenvalue weighted by Crippen LogP contribution is 2.40. The number of benzene rings is 4. The van der Waals surface area contributed by atoms with Crippen molar-refractivity contribution in [3.8, 4) is 5.75 Å². The summed E-state index contributed by atoms with van der Waals surface area (Å²) in [6.45, 7) is 0.438. The molecule has 1 amide bonds. The largest absolute Gasteiger partial charge is 0.489 e. The van der Waals surface area contributed by atoms with E-state index in [0.717, 1.165) is 16.7 Å². The number of halogens is 1. The molecule has 1 N–H and O–H groups in total. The quantitative estimate of drug-likeness (QED) is 0.288. The van der Waals surface area contributed by atoms with Crippen LogP contribution in [0, 0.1) is 5.82 Å². The summed E-state index contributed by atoms with van der Waals surface area (Å²) in [5, 5.41) is 11.1. The molecule has 5 nitrogen and oxygen atoms in total. The summed E-state index contributed by atoms with van der Waals surface area (Å²) in [5.74, 6) is 0.291. The number of amides is 1. The summed E-state index contributed by atoms with van der Waals surface area (Å²) >= 11 is 0. The van der Waals surface area contributed by atoms with Gasteiger partial charge in [-0.2, -0.15) is 0 Å². The standard InChI is InChI=1S/C31H28FNO4/c32-25-14-16-26(17-15-25)33-29(24-12-18-27(19-13-24)36-21-23-9-5-2-6-10-23)30(37-31(33)35)28(34)20-11-22-7-3-1-4-8-22/h1-10,12-19,28-30,34H,11,20-21H2. The number of hydrogen-bond acceptors (Lipinski definition) is 4. The Kier molecular flexibility index (Phi) is 7.47. The van der Waals surface area contributed by atoms with Crippen LogP contribution >= 0.6 is 0 Å². The lowest BCUT2D eigenvalue weighted by Crippen LogP contribution is -2.35. The van der Waals surface area contributed by atoms with Crippen LogP contribution in [0.5, 0.6) is 5.75 Å². The van der Waals surface area contributed by atoms with Crippen LogP contribution in [0.15, 0.2) is 109 Å². The van der Waals surface area contributed by atoms with Gasteiger partial charge in [-0.3, -0.25) is 4.90 Å². The van der Waals surface area contributed by atoms with Crippen LogP contribution in [0.2, 0.25) is 0 Å². The van der Waals surface area contributed by atoms with Gasteiger partial charge >= 0.3 is 6.09 Å². The number of ether oxygens (including phenoxy) is 2. The van der Waals surface area contributed by atoms with Gasteiger partial charge < -0.3 is 14.6 Å². The maximum Gasteiger partial charge on any atom is 0.415 e. The number of carbonyl (C=O) groups is 1. The van der Waals surface area contributed by atoms with Crippen molar-refractivity contribution in [2.24, 2.45) is 0 Å². The van der Waals surface area contributed by atoms with Crippen molar-refractivity contribution >= 4 is 11.8 Å². The molecule has 188 valence electrons. The van der Waals surface area contributed by atoms with Crippen molar-refractivity contribution in [1.29, 1.82) is 0 Å². The summed E-state index contributed by atoms with van der Waals surface area (Å²) in [7, 11) is 0. The number of rotatable bonds is 9. The Labute approximate surface area is 215 Å². The summed E-state index contributed by atoms with van der Waals surface area (Å²) in [6, 6.07) is 32.3. The highest BCUT2D eigenvalue weighted by atomic mass is 19.1. The maximum absolute atomic E-state index is 13.6. The van der Waals surface area contributed by atoms with E-state index in [1.807, 2.05) is 84.9 Å². The fourth-order valence-corrected chi connectivity index (χ4v) is 4.62. The number of hydrogen-bond donors (Lipinski definition) is 1. The minimum absolute atomic E-state index is 0.396. The number of aliphatic hydroxyl groups excluding tert-OH is 1. The summed E-state index contributed by atoms with van der Waals surface area (Å²) in [6.07, 6.45) is -1.20. The van der Waals surface area contributed by atoms with Gasteiger partial charge in [0.15, 0.2) is 6.10 Å². The zero-order valence-corrected chi connectivity index (χ0v) is 20.2. The Morgan fingerprint density at radius 1 is 0.838 bits per heavy atom. The average Bonchev–Trinajstić information content (AvgIpc) is 3.29. The van der Waals surface area contributed by atoms with E-state index in [4.69, 9.17) is 9.47 Å². The second-order valence-corrected chi connectivity index (χ2v) is 9.07. The van der Waals surface area contributed by atoms with Gasteiger partial charge in [0.2, 0.25) is 0 Å². The Bertz CT molecular complexity index is 1300. The Morgan fingerprint density at radius 2 is 1.46 bits per heavy atom. The van der Waals surface area contributed by atoms with E-state index in [1.54, 1.807) is 12.1 Å². The monoisotopic (exact) mass is 497 g/mol. The van der Waals surface area contributed by atoms with E-state index in [-0.39, 0.29) is 0 Å². The number of anilines is 1. The Balaban J connectivity index is 1.38. The molecule has 0 bridgehead atoms. The van der Waals surface area contributed by atoms with Crippen molar-refractivity contribution < 1.29 is 23.8 Å². The SMILES string of the molecule is O=C1OC(C(O)CCc2ccccc2)C(c2ccc(OCc3ccccc3)cc2)N1c1ccc(F)cc1. The van der Waals surface area contributed by atoms with Crippen molar-refractivity contribution in [2.45, 2.75) is 37.7 Å². The van der Waals surface area contributed by atoms with E-state index in [0.29, 0.717) is 30.9 Å². The van der Waals surface area contributed by atoms with Crippen LogP contribution in [-0.2, 0) is 17.8 Å². The molecule has 1 aliphatic heterocycles. The van der Waals surface area contributed by atoms with Gasteiger partial charge in [-0.15, -0.1) is 0 Å². The van der Waals surface area contributed by atoms with Crippen molar-refractivity contribution in [3.05, 3.63) is 132 Å². The van der Waals surface area contributed by atoms with Gasteiger partial charge in [-0.1, -0.05) is 72.8 Å². The Hall–Kier alpha value is -4.16. The fraction of sp³-hybridized carbons (Fsp3) is 0.194. The van der Waals surface area contributed by atoms with Crippen LogP contribution < -0.4 is 9.64 Å². The lowest BCUT2D eigenvalue weighted by molar-refractivity contribution is 0.0146. The molecule has 1 saturated heterocycles. The van der Waals surface area contributed by atoms with Gasteiger partial charge in [0.25, 0.3) is 0 Å². The molecular weight excluding hydrogens is 469 g/mol. The van der Waals surface area contributed by atoms with Gasteiger partial charge in [0, 0.05) is 5.69 Å². The number of carbonyl (C=O) groups excluding carboxylic acids is 1. The lowest BCUT2D eigenvalue weighted by atomic mass is 9.93. The van der Waals surface area contributed by atoms with E-state index in [1.165, 1.54) is 17.0 Å². The zero-order chi connectivity index (χ0) is 25.6. The van der Waals surface area contributed by atoms with E-state index >= 15 is 0 Å². The molecule has 0 radical (unpaired) electrons. The molecule has 3 unspecified atom stereocenters. The summed E-state index contributed by atoms with van der Waals surface area (Å²) in [5.41, 5.74) is 3.44. The fourth-order valence-electron chi connectivity index (χ4n) is 4.62. The number of aliphatic hydroxyl groups is 1. The minimum Gasteiger partial charge on any atom is -0.489 e. The predicted octanol–water partition coefficient (Wildman–Crippen LogP) is 6.46. The number of aryl methyl sites for hydroxylation is 1. The molecule has 0 aromatic heterocycles. The molecule has 4 aromatic rings.